The van der Waals surface area contributed by atoms with Crippen LogP contribution < -0.4 is 5.56 Å². The Hall–Kier alpha value is -1.31. The second-order valence-corrected chi connectivity index (χ2v) is 8.47. The first-order chi connectivity index (χ1) is 12.0. The van der Waals surface area contributed by atoms with Crippen molar-refractivity contribution in [1.29, 1.82) is 0 Å². The van der Waals surface area contributed by atoms with E-state index in [0.29, 0.717) is 21.8 Å². The molecule has 0 unspecified atom stereocenters. The summed E-state index contributed by atoms with van der Waals surface area (Å²) in [6.45, 7) is 3.85. The molecule has 0 saturated carbocycles. The molecule has 25 heavy (non-hydrogen) atoms. The van der Waals surface area contributed by atoms with Crippen molar-refractivity contribution >= 4 is 56.9 Å². The predicted molar refractivity (Wildman–Crippen MR) is 115 cm³/mol. The number of allylic oxidation sites excluding steroid dienone is 1. The van der Waals surface area contributed by atoms with Gasteiger partial charge < -0.3 is 0 Å². The molecule has 0 aliphatic rings. The van der Waals surface area contributed by atoms with Crippen LogP contribution in [-0.2, 0) is 0 Å². The number of rotatable bonds is 4. The molecule has 128 valence electrons. The largest absolute Gasteiger partial charge is 0.268 e. The lowest BCUT2D eigenvalue weighted by Gasteiger charge is -2.13. The fourth-order valence-electron chi connectivity index (χ4n) is 2.46. The minimum atomic E-state index is -0.0526. The Morgan fingerprint density at radius 3 is 2.84 bits per heavy atom. The van der Waals surface area contributed by atoms with E-state index in [0.717, 1.165) is 19.9 Å². The summed E-state index contributed by atoms with van der Waals surface area (Å²) in [5.74, 6) is 0.656. The van der Waals surface area contributed by atoms with Crippen LogP contribution in [0.4, 0.5) is 0 Å². The average Bonchev–Trinajstić information content (AvgIpc) is 2.55. The minimum absolute atomic E-state index is 0.0526. The summed E-state index contributed by atoms with van der Waals surface area (Å²) in [5.41, 5.74) is 2.58. The number of hydrogen-bond donors (Lipinski definition) is 0. The lowest BCUT2D eigenvalue weighted by atomic mass is 10.2. The number of benzene rings is 2. The molecule has 3 rings (SSSR count). The molecular weight excluding hydrogens is 467 g/mol. The summed E-state index contributed by atoms with van der Waals surface area (Å²) < 4.78 is 2.70. The van der Waals surface area contributed by atoms with Crippen LogP contribution in [0.2, 0.25) is 0 Å². The van der Waals surface area contributed by atoms with Gasteiger partial charge >= 0.3 is 0 Å². The van der Waals surface area contributed by atoms with Crippen molar-refractivity contribution in [2.24, 2.45) is 0 Å². The molecule has 1 aromatic heterocycles. The van der Waals surface area contributed by atoms with Crippen molar-refractivity contribution in [3.05, 3.63) is 73.1 Å². The first kappa shape index (κ1) is 18.5. The molecule has 0 N–H and O–H groups in total. The Morgan fingerprint density at radius 2 is 2.12 bits per heavy atom. The van der Waals surface area contributed by atoms with Gasteiger partial charge in [-0.2, -0.15) is 0 Å². The average molecular weight is 483 g/mol. The van der Waals surface area contributed by atoms with Crippen LogP contribution in [0.1, 0.15) is 12.5 Å². The zero-order chi connectivity index (χ0) is 18.0. The highest BCUT2D eigenvalue weighted by Gasteiger charge is 2.13. The molecule has 0 amide bonds. The normalized spacial score (nSPS) is 11.9. The Labute approximate surface area is 169 Å². The monoisotopic (exact) mass is 482 g/mol. The number of hydrogen-bond acceptors (Lipinski definition) is 3. The Morgan fingerprint density at radius 1 is 1.32 bits per heavy atom. The molecule has 1 heterocycles. The van der Waals surface area contributed by atoms with Crippen LogP contribution in [-0.4, -0.2) is 15.3 Å². The highest BCUT2D eigenvalue weighted by Crippen LogP contribution is 2.23. The van der Waals surface area contributed by atoms with E-state index in [1.807, 2.05) is 62.4 Å². The van der Waals surface area contributed by atoms with Crippen LogP contribution in [0.3, 0.4) is 0 Å². The summed E-state index contributed by atoms with van der Waals surface area (Å²) in [6, 6.07) is 13.6. The SMILES string of the molecule is CC(Cl)=CCSc1nc2ccc(I)cc2c(=O)n1-c1cccc(C)c1. The van der Waals surface area contributed by atoms with Gasteiger partial charge in [0.1, 0.15) is 0 Å². The molecular formula is C19H16ClIN2OS. The minimum Gasteiger partial charge on any atom is -0.268 e. The van der Waals surface area contributed by atoms with Gasteiger partial charge in [0.05, 0.1) is 16.6 Å². The molecule has 0 aliphatic carbocycles. The number of thioether (sulfide) groups is 1. The van der Waals surface area contributed by atoms with Crippen LogP contribution in [0, 0.1) is 10.5 Å². The van der Waals surface area contributed by atoms with Crippen molar-refractivity contribution in [3.63, 3.8) is 0 Å². The van der Waals surface area contributed by atoms with Crippen molar-refractivity contribution in [2.45, 2.75) is 19.0 Å². The molecule has 2 aromatic carbocycles. The van der Waals surface area contributed by atoms with Crippen molar-refractivity contribution < 1.29 is 0 Å². The van der Waals surface area contributed by atoms with E-state index in [1.54, 1.807) is 4.57 Å². The second kappa shape index (κ2) is 7.93. The van der Waals surface area contributed by atoms with Crippen LogP contribution >= 0.6 is 46.0 Å². The third-order valence-corrected chi connectivity index (χ3v) is 5.33. The van der Waals surface area contributed by atoms with Gasteiger partial charge in [-0.3, -0.25) is 9.36 Å². The molecule has 0 bridgehead atoms. The zero-order valence-corrected chi connectivity index (χ0v) is 17.5. The summed E-state index contributed by atoms with van der Waals surface area (Å²) >= 11 is 9.63. The first-order valence-corrected chi connectivity index (χ1v) is 10.1. The van der Waals surface area contributed by atoms with Crippen LogP contribution in [0.25, 0.3) is 16.6 Å². The highest BCUT2D eigenvalue weighted by atomic mass is 127. The molecule has 3 nitrogen and oxygen atoms in total. The number of fused-ring (bicyclic) bond motifs is 1. The maximum atomic E-state index is 13.2. The number of aryl methyl sites for hydroxylation is 1. The van der Waals surface area contributed by atoms with E-state index >= 15 is 0 Å². The topological polar surface area (TPSA) is 34.9 Å². The van der Waals surface area contributed by atoms with Crippen molar-refractivity contribution in [2.75, 3.05) is 5.75 Å². The highest BCUT2D eigenvalue weighted by molar-refractivity contribution is 14.1. The zero-order valence-electron chi connectivity index (χ0n) is 13.8. The van der Waals surface area contributed by atoms with E-state index in [9.17, 15) is 4.79 Å². The summed E-state index contributed by atoms with van der Waals surface area (Å²) in [4.78, 5) is 17.9. The summed E-state index contributed by atoms with van der Waals surface area (Å²) in [7, 11) is 0. The summed E-state index contributed by atoms with van der Waals surface area (Å²) in [6.07, 6.45) is 1.91. The maximum Gasteiger partial charge on any atom is 0.266 e. The molecule has 0 saturated heterocycles. The van der Waals surface area contributed by atoms with Gasteiger partial charge in [-0.15, -0.1) is 0 Å². The molecule has 0 fully saturated rings. The molecule has 0 aliphatic heterocycles. The molecule has 0 atom stereocenters. The maximum absolute atomic E-state index is 13.2. The smallest absolute Gasteiger partial charge is 0.266 e. The fourth-order valence-corrected chi connectivity index (χ4v) is 4.08. The van der Waals surface area contributed by atoms with E-state index in [2.05, 4.69) is 22.6 Å². The lowest BCUT2D eigenvalue weighted by Crippen LogP contribution is -2.22. The Kier molecular flexibility index (Phi) is 5.86. The van der Waals surface area contributed by atoms with Gasteiger partial charge in [0.25, 0.3) is 5.56 Å². The molecule has 6 heteroatoms. The standard InChI is InChI=1S/C19H16ClIN2OS/c1-12-4-3-5-15(10-12)23-18(24)16-11-14(21)6-7-17(16)22-19(23)25-9-8-13(2)20/h3-8,10-11H,9H2,1-2H3. The third-order valence-electron chi connectivity index (χ3n) is 3.64. The quantitative estimate of drug-likeness (QED) is 0.278. The Balaban J connectivity index is 2.24. The van der Waals surface area contributed by atoms with Gasteiger partial charge in [-0.05, 0) is 72.3 Å². The second-order valence-electron chi connectivity index (χ2n) is 5.64. The van der Waals surface area contributed by atoms with Gasteiger partial charge in [0, 0.05) is 14.4 Å². The fraction of sp³-hybridized carbons (Fsp3) is 0.158. The van der Waals surface area contributed by atoms with E-state index in [1.165, 1.54) is 11.8 Å². The molecule has 3 aromatic rings. The molecule has 0 radical (unpaired) electrons. The van der Waals surface area contributed by atoms with E-state index in [-0.39, 0.29) is 5.56 Å². The third kappa shape index (κ3) is 4.27. The predicted octanol–water partition coefficient (Wildman–Crippen LogP) is 5.53. The van der Waals surface area contributed by atoms with Gasteiger partial charge in [-0.25, -0.2) is 4.98 Å². The van der Waals surface area contributed by atoms with E-state index in [4.69, 9.17) is 16.6 Å². The number of halogens is 2. The van der Waals surface area contributed by atoms with Crippen molar-refractivity contribution in [1.82, 2.24) is 9.55 Å². The van der Waals surface area contributed by atoms with E-state index < -0.39 is 0 Å². The van der Waals surface area contributed by atoms with Gasteiger partial charge in [-0.1, -0.05) is 41.6 Å². The van der Waals surface area contributed by atoms with Gasteiger partial charge in [0.15, 0.2) is 5.16 Å². The van der Waals surface area contributed by atoms with Crippen molar-refractivity contribution in [3.8, 4) is 5.69 Å². The summed E-state index contributed by atoms with van der Waals surface area (Å²) in [5, 5.41) is 2.02. The number of aromatic nitrogens is 2. The van der Waals surface area contributed by atoms with Gasteiger partial charge in [0.2, 0.25) is 0 Å². The first-order valence-electron chi connectivity index (χ1n) is 7.70. The molecule has 0 spiro atoms. The van der Waals surface area contributed by atoms with Crippen LogP contribution in [0.15, 0.2) is 63.5 Å². The Bertz CT molecular complexity index is 1030. The van der Waals surface area contributed by atoms with Crippen LogP contribution in [0.5, 0.6) is 0 Å². The number of nitrogens with zero attached hydrogens (tertiary/aromatic N) is 2. The lowest BCUT2D eigenvalue weighted by molar-refractivity contribution is 0.820.